The van der Waals surface area contributed by atoms with Crippen molar-refractivity contribution in [3.8, 4) is 5.75 Å². The smallest absolute Gasteiger partial charge is 0.287 e. The molecule has 1 aromatic carbocycles. The molecule has 1 aliphatic heterocycles. The molecular formula is C19H24N2O5S. The van der Waals surface area contributed by atoms with Crippen LogP contribution in [0.15, 0.2) is 47.1 Å². The highest BCUT2D eigenvalue weighted by molar-refractivity contribution is 7.88. The van der Waals surface area contributed by atoms with Crippen LogP contribution in [-0.2, 0) is 16.6 Å². The molecule has 0 unspecified atom stereocenters. The van der Waals surface area contributed by atoms with Crippen LogP contribution < -0.4 is 10.1 Å². The van der Waals surface area contributed by atoms with Crippen molar-refractivity contribution in [1.82, 2.24) is 9.62 Å². The van der Waals surface area contributed by atoms with Gasteiger partial charge in [0.1, 0.15) is 12.4 Å². The Bertz CT molecular complexity index is 855. The van der Waals surface area contributed by atoms with E-state index in [1.165, 1.54) is 16.8 Å². The molecule has 2 heterocycles. The number of amides is 1. The van der Waals surface area contributed by atoms with E-state index in [0.29, 0.717) is 25.2 Å². The number of para-hydroxylation sites is 1. The first-order chi connectivity index (χ1) is 12.9. The number of ether oxygens (including phenoxy) is 1. The van der Waals surface area contributed by atoms with Crippen molar-refractivity contribution < 1.29 is 22.4 Å². The molecule has 27 heavy (non-hydrogen) atoms. The molecule has 1 fully saturated rings. The standard InChI is InChI=1S/C19H24N2O5S/c1-27(23,24)21-10-7-15(8-11-21)13-20-19(22)18-16(9-12-25-18)14-26-17-5-3-2-4-6-17/h2-6,9,12,15H,7-8,10-11,13-14H2,1H3,(H,20,22). The molecule has 3 rings (SSSR count). The van der Waals surface area contributed by atoms with Crippen molar-refractivity contribution in [2.45, 2.75) is 19.4 Å². The summed E-state index contributed by atoms with van der Waals surface area (Å²) in [4.78, 5) is 12.4. The number of furan rings is 1. The van der Waals surface area contributed by atoms with Crippen LogP contribution in [-0.4, -0.2) is 44.5 Å². The lowest BCUT2D eigenvalue weighted by Crippen LogP contribution is -2.41. The third-order valence-corrected chi connectivity index (χ3v) is 5.99. The van der Waals surface area contributed by atoms with Gasteiger partial charge in [-0.2, -0.15) is 0 Å². The first-order valence-electron chi connectivity index (χ1n) is 8.91. The van der Waals surface area contributed by atoms with Crippen LogP contribution in [0.4, 0.5) is 0 Å². The van der Waals surface area contributed by atoms with E-state index in [2.05, 4.69) is 5.32 Å². The molecule has 0 spiro atoms. The minimum atomic E-state index is -3.13. The lowest BCUT2D eigenvalue weighted by Gasteiger charge is -2.30. The minimum absolute atomic E-state index is 0.246. The van der Waals surface area contributed by atoms with Gasteiger partial charge >= 0.3 is 0 Å². The Labute approximate surface area is 159 Å². The van der Waals surface area contributed by atoms with Crippen molar-refractivity contribution in [2.75, 3.05) is 25.9 Å². The van der Waals surface area contributed by atoms with E-state index in [1.54, 1.807) is 6.07 Å². The van der Waals surface area contributed by atoms with Gasteiger partial charge in [0.05, 0.1) is 12.5 Å². The molecule has 0 atom stereocenters. The van der Waals surface area contributed by atoms with E-state index < -0.39 is 10.0 Å². The van der Waals surface area contributed by atoms with Gasteiger partial charge in [-0.15, -0.1) is 0 Å². The molecule has 1 amide bonds. The summed E-state index contributed by atoms with van der Waals surface area (Å²) in [5.74, 6) is 0.949. The number of hydrogen-bond donors (Lipinski definition) is 1. The Balaban J connectivity index is 1.49. The second-order valence-corrected chi connectivity index (χ2v) is 8.67. The molecular weight excluding hydrogens is 368 g/mol. The second kappa shape index (κ2) is 8.58. The quantitative estimate of drug-likeness (QED) is 0.781. The van der Waals surface area contributed by atoms with Crippen LogP contribution in [0.3, 0.4) is 0 Å². The van der Waals surface area contributed by atoms with Gasteiger partial charge in [0.25, 0.3) is 5.91 Å². The fourth-order valence-corrected chi connectivity index (χ4v) is 3.96. The Morgan fingerprint density at radius 3 is 2.59 bits per heavy atom. The topological polar surface area (TPSA) is 88.9 Å². The molecule has 7 nitrogen and oxygen atoms in total. The van der Waals surface area contributed by atoms with Gasteiger partial charge in [-0.05, 0) is 37.0 Å². The summed E-state index contributed by atoms with van der Waals surface area (Å²) in [6, 6.07) is 11.1. The zero-order valence-electron chi connectivity index (χ0n) is 15.3. The first kappa shape index (κ1) is 19.4. The lowest BCUT2D eigenvalue weighted by molar-refractivity contribution is 0.0910. The zero-order chi connectivity index (χ0) is 19.3. The number of piperidine rings is 1. The fourth-order valence-electron chi connectivity index (χ4n) is 3.09. The average molecular weight is 392 g/mol. The number of nitrogens with zero attached hydrogens (tertiary/aromatic N) is 1. The second-order valence-electron chi connectivity index (χ2n) is 6.69. The SMILES string of the molecule is CS(=O)(=O)N1CCC(CNC(=O)c2occc2COc2ccccc2)CC1. The van der Waals surface area contributed by atoms with Gasteiger partial charge in [-0.1, -0.05) is 18.2 Å². The minimum Gasteiger partial charge on any atom is -0.489 e. The third kappa shape index (κ3) is 5.33. The number of carbonyl (C=O) groups is 1. The molecule has 1 saturated heterocycles. The number of carbonyl (C=O) groups excluding carboxylic acids is 1. The Hall–Kier alpha value is -2.32. The number of rotatable bonds is 7. The Morgan fingerprint density at radius 2 is 1.93 bits per heavy atom. The molecule has 146 valence electrons. The largest absolute Gasteiger partial charge is 0.489 e. The Morgan fingerprint density at radius 1 is 1.22 bits per heavy atom. The maximum absolute atomic E-state index is 12.4. The molecule has 2 aromatic rings. The summed E-state index contributed by atoms with van der Waals surface area (Å²) in [7, 11) is -3.13. The average Bonchev–Trinajstić information content (AvgIpc) is 3.13. The number of hydrogen-bond acceptors (Lipinski definition) is 5. The summed E-state index contributed by atoms with van der Waals surface area (Å²) >= 11 is 0. The fraction of sp³-hybridized carbons (Fsp3) is 0.421. The van der Waals surface area contributed by atoms with Gasteiger partial charge in [-0.3, -0.25) is 4.79 Å². The molecule has 0 bridgehead atoms. The maximum Gasteiger partial charge on any atom is 0.287 e. The molecule has 0 aliphatic carbocycles. The summed E-state index contributed by atoms with van der Waals surface area (Å²) in [6.45, 7) is 1.73. The van der Waals surface area contributed by atoms with Crippen molar-refractivity contribution in [3.05, 3.63) is 54.0 Å². The van der Waals surface area contributed by atoms with Crippen molar-refractivity contribution >= 4 is 15.9 Å². The van der Waals surface area contributed by atoms with Crippen LogP contribution in [0.1, 0.15) is 29.0 Å². The Kier molecular flexibility index (Phi) is 6.18. The van der Waals surface area contributed by atoms with E-state index >= 15 is 0 Å². The highest BCUT2D eigenvalue weighted by Crippen LogP contribution is 2.19. The van der Waals surface area contributed by atoms with E-state index in [9.17, 15) is 13.2 Å². The van der Waals surface area contributed by atoms with Gasteiger partial charge in [0, 0.05) is 25.2 Å². The summed E-state index contributed by atoms with van der Waals surface area (Å²) in [5.41, 5.74) is 0.684. The zero-order valence-corrected chi connectivity index (χ0v) is 16.1. The summed E-state index contributed by atoms with van der Waals surface area (Å²) in [6.07, 6.45) is 4.17. The lowest BCUT2D eigenvalue weighted by atomic mass is 9.98. The van der Waals surface area contributed by atoms with E-state index in [0.717, 1.165) is 18.6 Å². The van der Waals surface area contributed by atoms with Crippen LogP contribution >= 0.6 is 0 Å². The first-order valence-corrected chi connectivity index (χ1v) is 10.8. The number of benzene rings is 1. The van der Waals surface area contributed by atoms with Crippen LogP contribution in [0.5, 0.6) is 5.75 Å². The van der Waals surface area contributed by atoms with E-state index in [-0.39, 0.29) is 24.2 Å². The predicted octanol–water partition coefficient (Wildman–Crippen LogP) is 2.26. The highest BCUT2D eigenvalue weighted by atomic mass is 32.2. The van der Waals surface area contributed by atoms with Crippen molar-refractivity contribution in [3.63, 3.8) is 0 Å². The third-order valence-electron chi connectivity index (χ3n) is 4.68. The maximum atomic E-state index is 12.4. The molecule has 0 radical (unpaired) electrons. The number of sulfonamides is 1. The molecule has 0 saturated carbocycles. The summed E-state index contributed by atoms with van der Waals surface area (Å²) in [5, 5.41) is 2.89. The predicted molar refractivity (Wildman–Crippen MR) is 101 cm³/mol. The van der Waals surface area contributed by atoms with Gasteiger partial charge in [-0.25, -0.2) is 12.7 Å². The van der Waals surface area contributed by atoms with Crippen LogP contribution in [0, 0.1) is 5.92 Å². The monoisotopic (exact) mass is 392 g/mol. The van der Waals surface area contributed by atoms with Crippen molar-refractivity contribution in [2.24, 2.45) is 5.92 Å². The normalized spacial score (nSPS) is 16.2. The molecule has 1 N–H and O–H groups in total. The highest BCUT2D eigenvalue weighted by Gasteiger charge is 2.25. The number of nitrogens with one attached hydrogen (secondary N) is 1. The van der Waals surface area contributed by atoms with Gasteiger partial charge in [0.15, 0.2) is 5.76 Å². The van der Waals surface area contributed by atoms with E-state index in [1.807, 2.05) is 30.3 Å². The van der Waals surface area contributed by atoms with Gasteiger partial charge in [0.2, 0.25) is 10.0 Å². The van der Waals surface area contributed by atoms with E-state index in [4.69, 9.17) is 9.15 Å². The summed E-state index contributed by atoms with van der Waals surface area (Å²) < 4.78 is 35.6. The van der Waals surface area contributed by atoms with Crippen LogP contribution in [0.25, 0.3) is 0 Å². The van der Waals surface area contributed by atoms with Gasteiger partial charge < -0.3 is 14.5 Å². The molecule has 8 heteroatoms. The van der Waals surface area contributed by atoms with Crippen LogP contribution in [0.2, 0.25) is 0 Å². The molecule has 1 aliphatic rings. The van der Waals surface area contributed by atoms with Crippen molar-refractivity contribution in [1.29, 1.82) is 0 Å². The molecule has 1 aromatic heterocycles.